The van der Waals surface area contributed by atoms with Crippen molar-refractivity contribution >= 4 is 0 Å². The highest BCUT2D eigenvalue weighted by Crippen LogP contribution is 2.35. The lowest BCUT2D eigenvalue weighted by atomic mass is 9.85. The maximum absolute atomic E-state index is 3.43. The van der Waals surface area contributed by atoms with E-state index in [0.29, 0.717) is 5.41 Å². The maximum Gasteiger partial charge on any atom is 0.00898 e. The van der Waals surface area contributed by atoms with Crippen molar-refractivity contribution in [2.75, 3.05) is 7.05 Å². The van der Waals surface area contributed by atoms with E-state index in [2.05, 4.69) is 33.1 Å². The zero-order valence-corrected chi connectivity index (χ0v) is 8.98. The largest absolute Gasteiger partial charge is 0.317 e. The van der Waals surface area contributed by atoms with E-state index < -0.39 is 0 Å². The lowest BCUT2D eigenvalue weighted by molar-refractivity contribution is 0.309. The first-order chi connectivity index (χ1) is 5.55. The third-order valence-corrected chi connectivity index (χ3v) is 3.47. The van der Waals surface area contributed by atoms with Crippen molar-refractivity contribution < 1.29 is 0 Å². The average molecular weight is 169 g/mol. The Labute approximate surface area is 76.9 Å². The minimum atomic E-state index is 0.583. The van der Waals surface area contributed by atoms with Crippen molar-refractivity contribution in [3.63, 3.8) is 0 Å². The van der Waals surface area contributed by atoms with Crippen molar-refractivity contribution in [2.24, 2.45) is 11.3 Å². The molecule has 0 saturated heterocycles. The lowest BCUT2D eigenvalue weighted by Gasteiger charge is -2.21. The number of nitrogens with one attached hydrogen (secondary N) is 1. The molecule has 2 atom stereocenters. The Hall–Kier alpha value is -0.0400. The molecule has 1 aliphatic rings. The number of rotatable bonds is 1. The molecule has 1 rings (SSSR count). The van der Waals surface area contributed by atoms with Gasteiger partial charge < -0.3 is 5.32 Å². The quantitative estimate of drug-likeness (QED) is 0.595. The van der Waals surface area contributed by atoms with E-state index in [1.807, 2.05) is 0 Å². The third kappa shape index (κ3) is 2.48. The molecule has 0 aromatic carbocycles. The van der Waals surface area contributed by atoms with Crippen LogP contribution >= 0.6 is 0 Å². The summed E-state index contributed by atoms with van der Waals surface area (Å²) in [6, 6.07) is 0.756. The summed E-state index contributed by atoms with van der Waals surface area (Å²) < 4.78 is 0. The zero-order chi connectivity index (χ0) is 9.19. The highest BCUT2D eigenvalue weighted by Gasteiger charge is 2.27. The van der Waals surface area contributed by atoms with Gasteiger partial charge in [0.25, 0.3) is 0 Å². The van der Waals surface area contributed by atoms with Gasteiger partial charge in [-0.05, 0) is 44.1 Å². The summed E-state index contributed by atoms with van der Waals surface area (Å²) >= 11 is 0. The highest BCUT2D eigenvalue weighted by molar-refractivity contribution is 4.82. The molecule has 0 bridgehead atoms. The molecule has 1 aliphatic carbocycles. The van der Waals surface area contributed by atoms with Crippen LogP contribution in [-0.2, 0) is 0 Å². The smallest absolute Gasteiger partial charge is 0.00898 e. The second-order valence-corrected chi connectivity index (χ2v) is 5.11. The van der Waals surface area contributed by atoms with Gasteiger partial charge in [0.1, 0.15) is 0 Å². The monoisotopic (exact) mass is 169 g/mol. The molecule has 0 aliphatic heterocycles. The Morgan fingerprint density at radius 2 is 1.75 bits per heavy atom. The Morgan fingerprint density at radius 1 is 1.17 bits per heavy atom. The summed E-state index contributed by atoms with van der Waals surface area (Å²) in [5.74, 6) is 0.858. The van der Waals surface area contributed by atoms with Gasteiger partial charge >= 0.3 is 0 Å². The van der Waals surface area contributed by atoms with Crippen LogP contribution in [0.3, 0.4) is 0 Å². The van der Waals surface area contributed by atoms with E-state index in [4.69, 9.17) is 0 Å². The van der Waals surface area contributed by atoms with Gasteiger partial charge in [-0.25, -0.2) is 0 Å². The first-order valence-electron chi connectivity index (χ1n) is 5.22. The van der Waals surface area contributed by atoms with Gasteiger partial charge in [-0.15, -0.1) is 0 Å². The molecule has 0 spiro atoms. The topological polar surface area (TPSA) is 12.0 Å². The molecule has 0 aromatic heterocycles. The van der Waals surface area contributed by atoms with Crippen molar-refractivity contribution in [1.82, 2.24) is 5.32 Å². The minimum Gasteiger partial charge on any atom is -0.317 e. The fourth-order valence-electron chi connectivity index (χ4n) is 2.20. The Kier molecular flexibility index (Phi) is 3.16. The van der Waals surface area contributed by atoms with Crippen LogP contribution in [0.2, 0.25) is 0 Å². The van der Waals surface area contributed by atoms with Crippen LogP contribution in [0.5, 0.6) is 0 Å². The molecule has 0 aromatic rings. The van der Waals surface area contributed by atoms with Crippen LogP contribution in [0.4, 0.5) is 0 Å². The number of hydrogen-bond acceptors (Lipinski definition) is 1. The normalized spacial score (nSPS) is 36.0. The molecule has 1 saturated carbocycles. The first-order valence-corrected chi connectivity index (χ1v) is 5.22. The van der Waals surface area contributed by atoms with Gasteiger partial charge in [-0.1, -0.05) is 20.8 Å². The van der Waals surface area contributed by atoms with Crippen LogP contribution in [0, 0.1) is 11.3 Å². The van der Waals surface area contributed by atoms with Crippen LogP contribution in [-0.4, -0.2) is 13.1 Å². The summed E-state index contributed by atoms with van der Waals surface area (Å²) in [7, 11) is 2.10. The van der Waals surface area contributed by atoms with E-state index in [9.17, 15) is 0 Å². The fourth-order valence-corrected chi connectivity index (χ4v) is 2.20. The highest BCUT2D eigenvalue weighted by atomic mass is 14.9. The number of hydrogen-bond donors (Lipinski definition) is 1. The van der Waals surface area contributed by atoms with Gasteiger partial charge in [0.2, 0.25) is 0 Å². The lowest BCUT2D eigenvalue weighted by Crippen LogP contribution is -2.30. The van der Waals surface area contributed by atoms with E-state index in [1.54, 1.807) is 0 Å². The predicted molar refractivity (Wildman–Crippen MR) is 54.3 cm³/mol. The molecular weight excluding hydrogens is 146 g/mol. The minimum absolute atomic E-state index is 0.583. The van der Waals surface area contributed by atoms with Gasteiger partial charge in [0.05, 0.1) is 0 Å². The molecule has 72 valence electrons. The molecule has 0 radical (unpaired) electrons. The predicted octanol–water partition coefficient (Wildman–Crippen LogP) is 2.81. The van der Waals surface area contributed by atoms with E-state index >= 15 is 0 Å². The molecule has 12 heavy (non-hydrogen) atoms. The molecule has 0 amide bonds. The Bertz CT molecular complexity index is 140. The molecule has 1 N–H and O–H groups in total. The van der Waals surface area contributed by atoms with Crippen molar-refractivity contribution in [1.29, 1.82) is 0 Å². The second kappa shape index (κ2) is 3.78. The first kappa shape index (κ1) is 10.0. The Balaban J connectivity index is 2.53. The Morgan fingerprint density at radius 3 is 2.33 bits per heavy atom. The fraction of sp³-hybridized carbons (Fsp3) is 1.00. The van der Waals surface area contributed by atoms with Gasteiger partial charge in [-0.2, -0.15) is 0 Å². The molecule has 0 heterocycles. The zero-order valence-electron chi connectivity index (χ0n) is 8.98. The third-order valence-electron chi connectivity index (χ3n) is 3.47. The van der Waals surface area contributed by atoms with Crippen molar-refractivity contribution in [3.8, 4) is 0 Å². The van der Waals surface area contributed by atoms with Crippen molar-refractivity contribution in [2.45, 2.75) is 52.5 Å². The SMILES string of the molecule is CNC1CCC(C)(C)CCC1C. The molecule has 2 unspecified atom stereocenters. The summed E-state index contributed by atoms with van der Waals surface area (Å²) in [6.45, 7) is 7.18. The van der Waals surface area contributed by atoms with Crippen LogP contribution < -0.4 is 5.32 Å². The molecule has 1 nitrogen and oxygen atoms in total. The van der Waals surface area contributed by atoms with Gasteiger partial charge in [-0.3, -0.25) is 0 Å². The van der Waals surface area contributed by atoms with E-state index in [0.717, 1.165) is 12.0 Å². The van der Waals surface area contributed by atoms with Crippen LogP contribution in [0.1, 0.15) is 46.5 Å². The standard InChI is InChI=1S/C11H23N/c1-9-5-7-11(2,3)8-6-10(9)12-4/h9-10,12H,5-8H2,1-4H3. The van der Waals surface area contributed by atoms with E-state index in [1.165, 1.54) is 25.7 Å². The molecule has 1 heteroatoms. The van der Waals surface area contributed by atoms with Crippen LogP contribution in [0.25, 0.3) is 0 Å². The molecular formula is C11H23N. The summed E-state index contributed by atoms with van der Waals surface area (Å²) in [5.41, 5.74) is 0.583. The maximum atomic E-state index is 3.43. The van der Waals surface area contributed by atoms with Gasteiger partial charge in [0.15, 0.2) is 0 Å². The van der Waals surface area contributed by atoms with Crippen molar-refractivity contribution in [3.05, 3.63) is 0 Å². The van der Waals surface area contributed by atoms with Gasteiger partial charge in [0, 0.05) is 6.04 Å². The molecule has 1 fully saturated rings. The van der Waals surface area contributed by atoms with E-state index in [-0.39, 0.29) is 0 Å². The summed E-state index contributed by atoms with van der Waals surface area (Å²) in [6.07, 6.45) is 5.51. The summed E-state index contributed by atoms with van der Waals surface area (Å²) in [4.78, 5) is 0. The summed E-state index contributed by atoms with van der Waals surface area (Å²) in [5, 5.41) is 3.43. The second-order valence-electron chi connectivity index (χ2n) is 5.11. The average Bonchev–Trinajstić information content (AvgIpc) is 2.13. The van der Waals surface area contributed by atoms with Crippen LogP contribution in [0.15, 0.2) is 0 Å².